The summed E-state index contributed by atoms with van der Waals surface area (Å²) in [6.45, 7) is 6.17. The standard InChI is InChI=1S/C29H30ClN5O3S/c1-20(21-5-3-2-4-6-21)27(36)33-28-32-25-12-11-24(19-26(25)39-28)35(14-13-34-15-17-38-18-16-34)29(37)31-23-9-7-22(30)8-10-23/h2-12,19-20H,13-18H2,1H3,(H,31,37)(H,32,33,36). The van der Waals surface area contributed by atoms with Crippen molar-refractivity contribution in [2.75, 3.05) is 54.9 Å². The number of hydrogen-bond acceptors (Lipinski definition) is 6. The molecule has 2 heterocycles. The Hall–Kier alpha value is -3.50. The van der Waals surface area contributed by atoms with Gasteiger partial charge in [0.15, 0.2) is 5.13 Å². The second-order valence-corrected chi connectivity index (χ2v) is 10.8. The highest BCUT2D eigenvalue weighted by molar-refractivity contribution is 7.22. The van der Waals surface area contributed by atoms with Gasteiger partial charge in [-0.25, -0.2) is 9.78 Å². The highest BCUT2D eigenvalue weighted by Crippen LogP contribution is 2.31. The number of aromatic nitrogens is 1. The third-order valence-corrected chi connectivity index (χ3v) is 7.88. The Kier molecular flexibility index (Phi) is 8.73. The van der Waals surface area contributed by atoms with Gasteiger partial charge in [-0.05, 0) is 55.0 Å². The van der Waals surface area contributed by atoms with Crippen LogP contribution in [0.5, 0.6) is 0 Å². The van der Waals surface area contributed by atoms with Gasteiger partial charge in [0, 0.05) is 42.6 Å². The number of carbonyl (C=O) groups excluding carboxylic acids is 2. The molecular weight excluding hydrogens is 534 g/mol. The number of anilines is 3. The number of fused-ring (bicyclic) bond motifs is 1. The molecule has 1 atom stereocenters. The lowest BCUT2D eigenvalue weighted by atomic mass is 10.0. The van der Waals surface area contributed by atoms with Crippen molar-refractivity contribution in [1.82, 2.24) is 9.88 Å². The molecule has 202 valence electrons. The number of amides is 3. The molecule has 1 fully saturated rings. The van der Waals surface area contributed by atoms with Crippen molar-refractivity contribution in [3.05, 3.63) is 83.4 Å². The highest BCUT2D eigenvalue weighted by Gasteiger charge is 2.21. The van der Waals surface area contributed by atoms with Crippen molar-refractivity contribution in [1.29, 1.82) is 0 Å². The molecule has 2 N–H and O–H groups in total. The first kappa shape index (κ1) is 27.1. The van der Waals surface area contributed by atoms with E-state index in [1.54, 1.807) is 29.2 Å². The van der Waals surface area contributed by atoms with E-state index in [4.69, 9.17) is 16.3 Å². The number of thiazole rings is 1. The fourth-order valence-corrected chi connectivity index (χ4v) is 5.41. The van der Waals surface area contributed by atoms with Crippen LogP contribution in [0.3, 0.4) is 0 Å². The summed E-state index contributed by atoms with van der Waals surface area (Å²) in [5, 5.41) is 7.07. The number of urea groups is 1. The van der Waals surface area contributed by atoms with Gasteiger partial charge in [-0.2, -0.15) is 0 Å². The van der Waals surface area contributed by atoms with E-state index in [1.807, 2.05) is 55.5 Å². The minimum Gasteiger partial charge on any atom is -0.379 e. The Morgan fingerprint density at radius 3 is 2.54 bits per heavy atom. The number of ether oxygens (including phenoxy) is 1. The monoisotopic (exact) mass is 563 g/mol. The Bertz CT molecular complexity index is 1420. The predicted molar refractivity (Wildman–Crippen MR) is 158 cm³/mol. The van der Waals surface area contributed by atoms with Crippen molar-refractivity contribution in [3.63, 3.8) is 0 Å². The molecule has 10 heteroatoms. The van der Waals surface area contributed by atoms with E-state index in [9.17, 15) is 9.59 Å². The maximum absolute atomic E-state index is 13.4. The number of carbonyl (C=O) groups is 2. The van der Waals surface area contributed by atoms with Gasteiger partial charge in [0.1, 0.15) is 0 Å². The van der Waals surface area contributed by atoms with E-state index in [2.05, 4.69) is 20.5 Å². The summed E-state index contributed by atoms with van der Waals surface area (Å²) in [6, 6.07) is 22.2. The normalized spacial score (nSPS) is 14.6. The maximum atomic E-state index is 13.4. The number of halogens is 1. The minimum absolute atomic E-state index is 0.116. The lowest BCUT2D eigenvalue weighted by molar-refractivity contribution is -0.117. The Morgan fingerprint density at radius 1 is 1.05 bits per heavy atom. The quantitative estimate of drug-likeness (QED) is 0.272. The molecule has 4 aromatic rings. The predicted octanol–water partition coefficient (Wildman–Crippen LogP) is 6.06. The second kappa shape index (κ2) is 12.6. The summed E-state index contributed by atoms with van der Waals surface area (Å²) in [5.41, 5.74) is 3.12. The van der Waals surface area contributed by atoms with Gasteiger partial charge in [-0.1, -0.05) is 53.3 Å². The zero-order valence-electron chi connectivity index (χ0n) is 21.6. The van der Waals surface area contributed by atoms with Gasteiger partial charge < -0.3 is 15.4 Å². The number of morpholine rings is 1. The van der Waals surface area contributed by atoms with Gasteiger partial charge in [0.25, 0.3) is 0 Å². The molecule has 1 saturated heterocycles. The molecule has 0 spiro atoms. The molecule has 39 heavy (non-hydrogen) atoms. The van der Waals surface area contributed by atoms with E-state index in [1.165, 1.54) is 11.3 Å². The first-order valence-corrected chi connectivity index (χ1v) is 14.1. The summed E-state index contributed by atoms with van der Waals surface area (Å²) >= 11 is 7.40. The van der Waals surface area contributed by atoms with Crippen molar-refractivity contribution >= 4 is 61.6 Å². The van der Waals surface area contributed by atoms with E-state index in [-0.39, 0.29) is 17.9 Å². The van der Waals surface area contributed by atoms with Crippen molar-refractivity contribution < 1.29 is 14.3 Å². The fraction of sp³-hybridized carbons (Fsp3) is 0.276. The molecule has 0 aliphatic carbocycles. The molecule has 1 aliphatic rings. The van der Waals surface area contributed by atoms with Gasteiger partial charge in [0.2, 0.25) is 5.91 Å². The van der Waals surface area contributed by atoms with Crippen molar-refractivity contribution in [3.8, 4) is 0 Å². The molecule has 5 rings (SSSR count). The van der Waals surface area contributed by atoms with Gasteiger partial charge in [0.05, 0.1) is 29.3 Å². The van der Waals surface area contributed by atoms with E-state index in [0.717, 1.165) is 41.1 Å². The number of rotatable bonds is 8. The van der Waals surface area contributed by atoms with Gasteiger partial charge >= 0.3 is 6.03 Å². The Labute approximate surface area is 236 Å². The molecule has 0 saturated carbocycles. The maximum Gasteiger partial charge on any atom is 0.326 e. The topological polar surface area (TPSA) is 86.8 Å². The van der Waals surface area contributed by atoms with Gasteiger partial charge in [-0.15, -0.1) is 0 Å². The van der Waals surface area contributed by atoms with Crippen LogP contribution in [0.1, 0.15) is 18.4 Å². The number of nitrogens with zero attached hydrogens (tertiary/aromatic N) is 3. The summed E-state index contributed by atoms with van der Waals surface area (Å²) in [6.07, 6.45) is 0. The average Bonchev–Trinajstić information content (AvgIpc) is 3.36. The van der Waals surface area contributed by atoms with Crippen LogP contribution < -0.4 is 15.5 Å². The molecule has 0 bridgehead atoms. The van der Waals surface area contributed by atoms with E-state index < -0.39 is 0 Å². The summed E-state index contributed by atoms with van der Waals surface area (Å²) in [7, 11) is 0. The smallest absolute Gasteiger partial charge is 0.326 e. The lowest BCUT2D eigenvalue weighted by Crippen LogP contribution is -2.44. The van der Waals surface area contributed by atoms with E-state index in [0.29, 0.717) is 35.6 Å². The van der Waals surface area contributed by atoms with E-state index >= 15 is 0 Å². The number of hydrogen-bond donors (Lipinski definition) is 2. The van der Waals surface area contributed by atoms with Crippen LogP contribution in [-0.2, 0) is 9.53 Å². The van der Waals surface area contributed by atoms with Crippen molar-refractivity contribution in [2.24, 2.45) is 0 Å². The average molecular weight is 564 g/mol. The van der Waals surface area contributed by atoms with Crippen LogP contribution >= 0.6 is 22.9 Å². The Morgan fingerprint density at radius 2 is 1.79 bits per heavy atom. The summed E-state index contributed by atoms with van der Waals surface area (Å²) in [5.74, 6) is -0.420. The third kappa shape index (κ3) is 6.93. The largest absolute Gasteiger partial charge is 0.379 e. The first-order chi connectivity index (χ1) is 19.0. The minimum atomic E-state index is -0.305. The molecule has 3 amide bonds. The summed E-state index contributed by atoms with van der Waals surface area (Å²) < 4.78 is 6.34. The molecule has 8 nitrogen and oxygen atoms in total. The molecule has 1 aromatic heterocycles. The molecular formula is C29H30ClN5O3S. The van der Waals surface area contributed by atoms with Crippen LogP contribution in [0, 0.1) is 0 Å². The van der Waals surface area contributed by atoms with Crippen LogP contribution in [-0.4, -0.2) is 61.2 Å². The van der Waals surface area contributed by atoms with Crippen LogP contribution in [0.4, 0.5) is 21.3 Å². The van der Waals surface area contributed by atoms with Gasteiger partial charge in [-0.3, -0.25) is 14.6 Å². The number of benzene rings is 3. The zero-order valence-corrected chi connectivity index (χ0v) is 23.2. The van der Waals surface area contributed by atoms with Crippen molar-refractivity contribution in [2.45, 2.75) is 12.8 Å². The van der Waals surface area contributed by atoms with Crippen LogP contribution in [0.25, 0.3) is 10.2 Å². The second-order valence-electron chi connectivity index (χ2n) is 9.34. The first-order valence-electron chi connectivity index (χ1n) is 12.9. The fourth-order valence-electron chi connectivity index (χ4n) is 4.38. The van der Waals surface area contributed by atoms with Crippen LogP contribution in [0.15, 0.2) is 72.8 Å². The molecule has 1 aliphatic heterocycles. The Balaban J connectivity index is 1.34. The molecule has 1 unspecified atom stereocenters. The lowest BCUT2D eigenvalue weighted by Gasteiger charge is -2.30. The number of nitrogens with one attached hydrogen (secondary N) is 2. The zero-order chi connectivity index (χ0) is 27.2. The van der Waals surface area contributed by atoms with Crippen LogP contribution in [0.2, 0.25) is 5.02 Å². The molecule has 0 radical (unpaired) electrons. The third-order valence-electron chi connectivity index (χ3n) is 6.69. The molecule has 3 aromatic carbocycles. The SMILES string of the molecule is CC(C(=O)Nc1nc2ccc(N(CCN3CCOCC3)C(=O)Nc3ccc(Cl)cc3)cc2s1)c1ccccc1. The summed E-state index contributed by atoms with van der Waals surface area (Å²) in [4.78, 5) is 34.9. The highest BCUT2D eigenvalue weighted by atomic mass is 35.5.